The first-order chi connectivity index (χ1) is 12.4. The second-order valence-electron chi connectivity index (χ2n) is 5.90. The third kappa shape index (κ3) is 14.9. The van der Waals surface area contributed by atoms with E-state index in [1.807, 2.05) is 6.92 Å². The topological polar surface area (TPSA) is 90.5 Å². The predicted octanol–water partition coefficient (Wildman–Crippen LogP) is 0.254. The molecule has 3 N–H and O–H groups in total. The van der Waals surface area contributed by atoms with E-state index in [0.717, 1.165) is 19.4 Å². The van der Waals surface area contributed by atoms with Gasteiger partial charge in [0.2, 0.25) is 17.7 Å². The highest BCUT2D eigenvalue weighted by molar-refractivity contribution is 8.22. The van der Waals surface area contributed by atoms with E-state index in [-0.39, 0.29) is 30.8 Å². The van der Waals surface area contributed by atoms with Gasteiger partial charge in [-0.2, -0.15) is 0 Å². The number of rotatable bonds is 14. The van der Waals surface area contributed by atoms with E-state index in [9.17, 15) is 14.4 Å². The molecule has 0 aromatic rings. The molecule has 0 aromatic heterocycles. The molecule has 0 atom stereocenters. The molecule has 0 aliphatic carbocycles. The van der Waals surface area contributed by atoms with Crippen LogP contribution in [0.1, 0.15) is 46.0 Å². The van der Waals surface area contributed by atoms with Crippen LogP contribution in [0.2, 0.25) is 0 Å². The van der Waals surface area contributed by atoms with Crippen LogP contribution >= 0.6 is 0 Å². The summed E-state index contributed by atoms with van der Waals surface area (Å²) < 4.78 is 0. The van der Waals surface area contributed by atoms with Crippen LogP contribution in [-0.2, 0) is 34.4 Å². The second kappa shape index (κ2) is 15.8. The summed E-state index contributed by atoms with van der Waals surface area (Å²) >= 11 is 4.82. The van der Waals surface area contributed by atoms with E-state index in [4.69, 9.17) is 16.9 Å². The largest absolute Gasteiger partial charge is 0.356 e. The molecule has 0 aromatic carbocycles. The Kier molecular flexibility index (Phi) is 15.0. The first kappa shape index (κ1) is 24.6. The summed E-state index contributed by atoms with van der Waals surface area (Å²) in [6.45, 7) is 6.93. The summed E-state index contributed by atoms with van der Waals surface area (Å²) in [5, 5.41) is 8.12. The molecular weight excluding hydrogens is 372 g/mol. The van der Waals surface area contributed by atoms with Gasteiger partial charge in [-0.15, -0.1) is 14.5 Å². The lowest BCUT2D eigenvalue weighted by molar-refractivity contribution is -0.123. The van der Waals surface area contributed by atoms with Gasteiger partial charge in [0.05, 0.1) is 6.67 Å². The van der Waals surface area contributed by atoms with E-state index in [1.165, 1.54) is 0 Å². The van der Waals surface area contributed by atoms with Gasteiger partial charge in [0.25, 0.3) is 0 Å². The van der Waals surface area contributed by atoms with Gasteiger partial charge in [0.1, 0.15) is 0 Å². The predicted molar refractivity (Wildman–Crippen MR) is 110 cm³/mol. The zero-order chi connectivity index (χ0) is 19.8. The number of carbonyl (C=O) groups is 3. The lowest BCUT2D eigenvalue weighted by Gasteiger charge is -2.21. The Labute approximate surface area is 163 Å². The van der Waals surface area contributed by atoms with Gasteiger partial charge in [-0.3, -0.25) is 14.4 Å². The van der Waals surface area contributed by atoms with Gasteiger partial charge < -0.3 is 20.9 Å². The molecule has 3 amide bonds. The Morgan fingerprint density at radius 3 is 1.92 bits per heavy atom. The van der Waals surface area contributed by atoms with Crippen molar-refractivity contribution in [1.29, 1.82) is 0 Å². The molecule has 150 valence electrons. The minimum atomic E-state index is -0.668. The standard InChI is InChI=1S/C17H32N4O3S2/c1-4-9-18-15(22)6-11-21(10-5-2)12-7-16(23)19-14-20-17(24)8-13-26(3)25/h3H,4-14H2,1-2H3,(H,18,22)(H,19,23)(H,20,24). The third-order valence-electron chi connectivity index (χ3n) is 3.52. The zero-order valence-corrected chi connectivity index (χ0v) is 17.5. The van der Waals surface area contributed by atoms with Crippen molar-refractivity contribution in [3.8, 4) is 5.69 Å². The summed E-state index contributed by atoms with van der Waals surface area (Å²) in [5.74, 6) is 0.194. The summed E-state index contributed by atoms with van der Waals surface area (Å²) in [5.41, 5.74) is 5.44. The molecule has 0 fully saturated rings. The van der Waals surface area contributed by atoms with Gasteiger partial charge in [0, 0.05) is 44.6 Å². The van der Waals surface area contributed by atoms with Crippen LogP contribution in [-0.4, -0.2) is 61.2 Å². The molecule has 0 bridgehead atoms. The SMILES string of the molecule is C#S(=S)CCC(=O)NCNC(=O)CCN(CCC)CCC(=O)NCCC. The van der Waals surface area contributed by atoms with Crippen LogP contribution in [0.3, 0.4) is 0 Å². The molecular formula is C17H32N4O3S2. The van der Waals surface area contributed by atoms with Crippen LogP contribution in [0.5, 0.6) is 0 Å². The Morgan fingerprint density at radius 1 is 0.885 bits per heavy atom. The minimum Gasteiger partial charge on any atom is -0.356 e. The third-order valence-corrected chi connectivity index (χ3v) is 4.63. The van der Waals surface area contributed by atoms with Crippen LogP contribution in [0.4, 0.5) is 0 Å². The Hall–Kier alpha value is -1.41. The van der Waals surface area contributed by atoms with Gasteiger partial charge in [-0.1, -0.05) is 13.8 Å². The molecule has 0 aliphatic rings. The molecule has 9 heteroatoms. The van der Waals surface area contributed by atoms with Crippen molar-refractivity contribution in [2.45, 2.75) is 46.0 Å². The maximum absolute atomic E-state index is 11.9. The van der Waals surface area contributed by atoms with Crippen LogP contribution in [0, 0.1) is 5.69 Å². The van der Waals surface area contributed by atoms with E-state index in [1.54, 1.807) is 0 Å². The highest BCUT2D eigenvalue weighted by Crippen LogP contribution is 1.97. The average molecular weight is 405 g/mol. The van der Waals surface area contributed by atoms with Crippen molar-refractivity contribution in [2.75, 3.05) is 38.6 Å². The molecule has 0 saturated carbocycles. The lowest BCUT2D eigenvalue weighted by Crippen LogP contribution is -2.39. The fourth-order valence-electron chi connectivity index (χ4n) is 2.14. The van der Waals surface area contributed by atoms with Crippen molar-refractivity contribution in [3.63, 3.8) is 0 Å². The molecule has 26 heavy (non-hydrogen) atoms. The molecule has 0 rings (SSSR count). The van der Waals surface area contributed by atoms with Crippen LogP contribution in [0.15, 0.2) is 0 Å². The van der Waals surface area contributed by atoms with Crippen molar-refractivity contribution < 1.29 is 14.4 Å². The van der Waals surface area contributed by atoms with Crippen molar-refractivity contribution in [1.82, 2.24) is 20.9 Å². The molecule has 7 nitrogen and oxygen atoms in total. The maximum Gasteiger partial charge on any atom is 0.222 e. The molecule has 0 radical (unpaired) electrons. The highest BCUT2D eigenvalue weighted by Gasteiger charge is 2.10. The normalized spacial score (nSPS) is 10.4. The second-order valence-corrected chi connectivity index (χ2v) is 8.36. The van der Waals surface area contributed by atoms with Gasteiger partial charge in [0.15, 0.2) is 0 Å². The smallest absolute Gasteiger partial charge is 0.222 e. The number of nitrogens with zero attached hydrogens (tertiary/aromatic N) is 1. The number of hydrogen-bond acceptors (Lipinski definition) is 5. The van der Waals surface area contributed by atoms with Crippen molar-refractivity contribution in [3.05, 3.63) is 0 Å². The van der Waals surface area contributed by atoms with Crippen LogP contribution < -0.4 is 16.0 Å². The first-order valence-electron chi connectivity index (χ1n) is 9.04. The molecule has 0 heterocycles. The number of amides is 3. The quantitative estimate of drug-likeness (QED) is 0.361. The molecule has 0 unspecified atom stereocenters. The minimum absolute atomic E-state index is 0.0412. The fourth-order valence-corrected chi connectivity index (χ4v) is 2.77. The fraction of sp³-hybridized carbons (Fsp3) is 0.765. The van der Waals surface area contributed by atoms with E-state index in [2.05, 4.69) is 27.8 Å². The Balaban J connectivity index is 3.99. The molecule has 0 spiro atoms. The summed E-state index contributed by atoms with van der Waals surface area (Å²) in [4.78, 5) is 37.2. The summed E-state index contributed by atoms with van der Waals surface area (Å²) in [7, 11) is -0.668. The summed E-state index contributed by atoms with van der Waals surface area (Å²) in [6.07, 6.45) is 2.90. The average Bonchev–Trinajstić information content (AvgIpc) is 2.60. The van der Waals surface area contributed by atoms with E-state index < -0.39 is 8.86 Å². The summed E-state index contributed by atoms with van der Waals surface area (Å²) in [6, 6.07) is 0. The highest BCUT2D eigenvalue weighted by atomic mass is 32.8. The molecule has 0 saturated heterocycles. The zero-order valence-electron chi connectivity index (χ0n) is 15.8. The van der Waals surface area contributed by atoms with E-state index in [0.29, 0.717) is 38.2 Å². The van der Waals surface area contributed by atoms with Crippen LogP contribution in [0.25, 0.3) is 0 Å². The monoisotopic (exact) mass is 404 g/mol. The number of hydrogen-bond donors (Lipinski definition) is 3. The Morgan fingerprint density at radius 2 is 1.42 bits per heavy atom. The van der Waals surface area contributed by atoms with Gasteiger partial charge in [-0.05, 0) is 30.6 Å². The van der Waals surface area contributed by atoms with Gasteiger partial charge >= 0.3 is 0 Å². The number of carbonyl (C=O) groups excluding carboxylic acids is 3. The maximum atomic E-state index is 11.9. The first-order valence-corrected chi connectivity index (χ1v) is 11.4. The molecule has 0 aliphatic heterocycles. The van der Waals surface area contributed by atoms with Gasteiger partial charge in [-0.25, -0.2) is 0 Å². The van der Waals surface area contributed by atoms with E-state index >= 15 is 0 Å². The van der Waals surface area contributed by atoms with Crippen molar-refractivity contribution >= 4 is 37.8 Å². The lowest BCUT2D eigenvalue weighted by atomic mass is 10.3. The van der Waals surface area contributed by atoms with Crippen molar-refractivity contribution in [2.24, 2.45) is 0 Å². The number of nitrogens with one attached hydrogen (secondary N) is 3. The Bertz CT molecular complexity index is 563.